The number of carbonyl (C=O) groups excluding carboxylic acids is 2. The molecule has 7 nitrogen and oxygen atoms in total. The van der Waals surface area contributed by atoms with E-state index >= 15 is 0 Å². The van der Waals surface area contributed by atoms with Crippen LogP contribution in [-0.2, 0) is 9.59 Å². The molecule has 7 heteroatoms. The van der Waals surface area contributed by atoms with Crippen LogP contribution in [0.1, 0.15) is 32.1 Å². The molecule has 3 unspecified atom stereocenters. The molecule has 3 heterocycles. The first-order valence-electron chi connectivity index (χ1n) is 7.64. The van der Waals surface area contributed by atoms with Crippen molar-refractivity contribution in [2.75, 3.05) is 19.6 Å². The number of amides is 3. The van der Waals surface area contributed by atoms with Crippen molar-refractivity contribution in [2.45, 2.75) is 44.2 Å². The standard InChI is InChI=1S/C14H21N3O4/c18-12(19)7-9-3-1-5-16(9)14(21)17-6-2-4-10-11(17)8-15-13(10)20/h9-11H,1-8H2,(H,15,20)(H,18,19). The zero-order valence-electron chi connectivity index (χ0n) is 12.0. The van der Waals surface area contributed by atoms with Gasteiger partial charge in [0, 0.05) is 25.7 Å². The van der Waals surface area contributed by atoms with Crippen LogP contribution in [0.2, 0.25) is 0 Å². The van der Waals surface area contributed by atoms with E-state index < -0.39 is 5.97 Å². The predicted octanol–water partition coefficient (Wildman–Crippen LogP) is 0.256. The summed E-state index contributed by atoms with van der Waals surface area (Å²) in [5.74, 6) is -0.918. The Morgan fingerprint density at radius 2 is 1.90 bits per heavy atom. The smallest absolute Gasteiger partial charge is 0.320 e. The number of nitrogens with one attached hydrogen (secondary N) is 1. The Bertz CT molecular complexity index is 467. The van der Waals surface area contributed by atoms with Gasteiger partial charge in [0.25, 0.3) is 0 Å². The summed E-state index contributed by atoms with van der Waals surface area (Å²) >= 11 is 0. The molecule has 0 aromatic rings. The Hall–Kier alpha value is -1.79. The van der Waals surface area contributed by atoms with Crippen molar-refractivity contribution in [3.05, 3.63) is 0 Å². The number of carboxylic acids is 1. The highest BCUT2D eigenvalue weighted by molar-refractivity contribution is 5.84. The van der Waals surface area contributed by atoms with Gasteiger partial charge < -0.3 is 20.2 Å². The fraction of sp³-hybridized carbons (Fsp3) is 0.786. The number of carboxylic acid groups (broad SMARTS) is 1. The second kappa shape index (κ2) is 5.54. The van der Waals surface area contributed by atoms with Crippen LogP contribution in [-0.4, -0.2) is 64.5 Å². The summed E-state index contributed by atoms with van der Waals surface area (Å²) in [5, 5.41) is 11.8. The van der Waals surface area contributed by atoms with E-state index in [0.29, 0.717) is 19.6 Å². The number of rotatable bonds is 2. The molecule has 3 rings (SSSR count). The number of fused-ring (bicyclic) bond motifs is 1. The third-order valence-electron chi connectivity index (χ3n) is 4.88. The van der Waals surface area contributed by atoms with Crippen LogP contribution in [0.15, 0.2) is 0 Å². The van der Waals surface area contributed by atoms with Crippen LogP contribution < -0.4 is 5.32 Å². The minimum absolute atomic E-state index is 0.00482. The van der Waals surface area contributed by atoms with Crippen molar-refractivity contribution >= 4 is 17.9 Å². The highest BCUT2D eigenvalue weighted by atomic mass is 16.4. The SMILES string of the molecule is O=C(O)CC1CCCN1C(=O)N1CCCC2C(=O)NCC21. The molecule has 21 heavy (non-hydrogen) atoms. The van der Waals surface area contributed by atoms with Gasteiger partial charge in [-0.15, -0.1) is 0 Å². The Balaban J connectivity index is 1.72. The molecule has 3 aliphatic rings. The fourth-order valence-electron chi connectivity index (χ4n) is 3.86. The van der Waals surface area contributed by atoms with Gasteiger partial charge in [-0.3, -0.25) is 9.59 Å². The van der Waals surface area contributed by atoms with E-state index in [2.05, 4.69) is 5.32 Å². The van der Waals surface area contributed by atoms with Gasteiger partial charge in [0.15, 0.2) is 0 Å². The number of nitrogens with zero attached hydrogens (tertiary/aromatic N) is 2. The van der Waals surface area contributed by atoms with Gasteiger partial charge in [-0.05, 0) is 25.7 Å². The van der Waals surface area contributed by atoms with Gasteiger partial charge in [-0.25, -0.2) is 4.79 Å². The molecule has 3 saturated heterocycles. The average Bonchev–Trinajstić information content (AvgIpc) is 3.05. The van der Waals surface area contributed by atoms with E-state index in [-0.39, 0.29) is 36.4 Å². The lowest BCUT2D eigenvalue weighted by Gasteiger charge is -2.39. The van der Waals surface area contributed by atoms with E-state index in [1.165, 1.54) is 0 Å². The van der Waals surface area contributed by atoms with Crippen molar-refractivity contribution in [2.24, 2.45) is 5.92 Å². The molecule has 2 N–H and O–H groups in total. The number of aliphatic carboxylic acids is 1. The van der Waals surface area contributed by atoms with Gasteiger partial charge in [0.05, 0.1) is 18.4 Å². The molecule has 3 fully saturated rings. The van der Waals surface area contributed by atoms with Gasteiger partial charge in [-0.1, -0.05) is 0 Å². The monoisotopic (exact) mass is 295 g/mol. The van der Waals surface area contributed by atoms with Gasteiger partial charge >= 0.3 is 12.0 Å². The molecule has 0 saturated carbocycles. The maximum atomic E-state index is 12.8. The van der Waals surface area contributed by atoms with Crippen molar-refractivity contribution in [3.8, 4) is 0 Å². The van der Waals surface area contributed by atoms with E-state index in [1.807, 2.05) is 0 Å². The predicted molar refractivity (Wildman–Crippen MR) is 73.6 cm³/mol. The van der Waals surface area contributed by atoms with Crippen LogP contribution in [0.5, 0.6) is 0 Å². The molecule has 0 spiro atoms. The van der Waals surface area contributed by atoms with E-state index in [9.17, 15) is 14.4 Å². The number of hydrogen-bond donors (Lipinski definition) is 2. The van der Waals surface area contributed by atoms with Crippen molar-refractivity contribution in [1.29, 1.82) is 0 Å². The normalized spacial score (nSPS) is 32.0. The van der Waals surface area contributed by atoms with Crippen LogP contribution in [0.4, 0.5) is 4.79 Å². The second-order valence-corrected chi connectivity index (χ2v) is 6.12. The Labute approximate surface area is 123 Å². The lowest BCUT2D eigenvalue weighted by atomic mass is 9.92. The van der Waals surface area contributed by atoms with E-state index in [4.69, 9.17) is 5.11 Å². The summed E-state index contributed by atoms with van der Waals surface area (Å²) in [6, 6.07) is -0.366. The summed E-state index contributed by atoms with van der Waals surface area (Å²) in [6.45, 7) is 1.80. The highest BCUT2D eigenvalue weighted by Gasteiger charge is 2.45. The minimum atomic E-state index is -0.867. The largest absolute Gasteiger partial charge is 0.481 e. The third kappa shape index (κ3) is 2.56. The van der Waals surface area contributed by atoms with Crippen LogP contribution >= 0.6 is 0 Å². The summed E-state index contributed by atoms with van der Waals surface area (Å²) < 4.78 is 0. The molecule has 0 aliphatic carbocycles. The number of urea groups is 1. The molecule has 0 aromatic carbocycles. The topological polar surface area (TPSA) is 90.0 Å². The maximum absolute atomic E-state index is 12.8. The van der Waals surface area contributed by atoms with Gasteiger partial charge in [-0.2, -0.15) is 0 Å². The first-order valence-corrected chi connectivity index (χ1v) is 7.64. The molecule has 3 amide bonds. The number of hydrogen-bond acceptors (Lipinski definition) is 3. The van der Waals surface area contributed by atoms with Crippen LogP contribution in [0, 0.1) is 5.92 Å². The van der Waals surface area contributed by atoms with Crippen molar-refractivity contribution in [3.63, 3.8) is 0 Å². The summed E-state index contributed by atoms with van der Waals surface area (Å²) in [7, 11) is 0. The van der Waals surface area contributed by atoms with Crippen LogP contribution in [0.25, 0.3) is 0 Å². The van der Waals surface area contributed by atoms with E-state index in [1.54, 1.807) is 9.80 Å². The van der Waals surface area contributed by atoms with Crippen molar-refractivity contribution < 1.29 is 19.5 Å². The minimum Gasteiger partial charge on any atom is -0.481 e. The number of likely N-dealkylation sites (tertiary alicyclic amines) is 2. The Morgan fingerprint density at radius 3 is 2.67 bits per heavy atom. The zero-order chi connectivity index (χ0) is 15.0. The van der Waals surface area contributed by atoms with Crippen molar-refractivity contribution in [1.82, 2.24) is 15.1 Å². The van der Waals surface area contributed by atoms with Gasteiger partial charge in [0.2, 0.25) is 5.91 Å². The summed E-state index contributed by atoms with van der Waals surface area (Å²) in [6.07, 6.45) is 3.27. The highest BCUT2D eigenvalue weighted by Crippen LogP contribution is 2.30. The second-order valence-electron chi connectivity index (χ2n) is 6.12. The molecule has 3 aliphatic heterocycles. The fourth-order valence-corrected chi connectivity index (χ4v) is 3.86. The summed E-state index contributed by atoms with van der Waals surface area (Å²) in [5.41, 5.74) is 0. The summed E-state index contributed by atoms with van der Waals surface area (Å²) in [4.78, 5) is 38.9. The molecule has 0 radical (unpaired) electrons. The zero-order valence-corrected chi connectivity index (χ0v) is 12.0. The first kappa shape index (κ1) is 14.2. The number of carbonyl (C=O) groups is 3. The molecule has 0 bridgehead atoms. The lowest BCUT2D eigenvalue weighted by Crippen LogP contribution is -2.54. The van der Waals surface area contributed by atoms with Crippen LogP contribution in [0.3, 0.4) is 0 Å². The third-order valence-corrected chi connectivity index (χ3v) is 4.88. The molecule has 3 atom stereocenters. The van der Waals surface area contributed by atoms with Gasteiger partial charge in [0.1, 0.15) is 0 Å². The Kier molecular flexibility index (Phi) is 3.73. The Morgan fingerprint density at radius 1 is 1.19 bits per heavy atom. The molecular formula is C14H21N3O4. The first-order chi connectivity index (χ1) is 10.1. The maximum Gasteiger partial charge on any atom is 0.320 e. The number of piperidine rings is 1. The van der Waals surface area contributed by atoms with E-state index in [0.717, 1.165) is 25.7 Å². The molecule has 0 aromatic heterocycles. The quantitative estimate of drug-likeness (QED) is 0.764. The molecular weight excluding hydrogens is 274 g/mol. The average molecular weight is 295 g/mol. The molecule has 116 valence electrons. The lowest BCUT2D eigenvalue weighted by molar-refractivity contribution is -0.138.